The molecular formula is C13H28N2O4S. The van der Waals surface area contributed by atoms with Gasteiger partial charge in [0, 0.05) is 26.2 Å². The second-order valence-electron chi connectivity index (χ2n) is 5.84. The van der Waals surface area contributed by atoms with E-state index >= 15 is 0 Å². The first-order chi connectivity index (χ1) is 9.26. The third-order valence-corrected chi connectivity index (χ3v) is 4.29. The molecule has 0 aromatic heterocycles. The lowest BCUT2D eigenvalue weighted by molar-refractivity contribution is 0.0942. The van der Waals surface area contributed by atoms with Crippen molar-refractivity contribution in [2.45, 2.75) is 37.9 Å². The van der Waals surface area contributed by atoms with Gasteiger partial charge in [0.1, 0.15) is 0 Å². The molecule has 2 aliphatic rings. The van der Waals surface area contributed by atoms with Crippen LogP contribution in [0.1, 0.15) is 25.7 Å². The zero-order chi connectivity index (χ0) is 15.2. The molecule has 2 aliphatic heterocycles. The second-order valence-corrected chi connectivity index (χ2v) is 7.44. The summed E-state index contributed by atoms with van der Waals surface area (Å²) >= 11 is 0. The summed E-state index contributed by atoms with van der Waals surface area (Å²) in [5.41, 5.74) is 0. The molecule has 0 saturated carbocycles. The molecule has 2 heterocycles. The highest BCUT2D eigenvalue weighted by Gasteiger charge is 2.20. The molecule has 0 aromatic carbocycles. The average Bonchev–Trinajstić information content (AvgIpc) is 2.35. The molecule has 0 radical (unpaired) electrons. The lowest BCUT2D eigenvalue weighted by Gasteiger charge is -2.27. The third kappa shape index (κ3) is 8.16. The van der Waals surface area contributed by atoms with E-state index in [1.54, 1.807) is 0 Å². The smallest absolute Gasteiger partial charge is 0.264 e. The molecule has 0 atom stereocenters. The Morgan fingerprint density at radius 3 is 1.70 bits per heavy atom. The summed E-state index contributed by atoms with van der Waals surface area (Å²) in [4.78, 5) is 4.41. The number of aliphatic hydroxyl groups is 1. The van der Waals surface area contributed by atoms with Crippen LogP contribution in [-0.2, 0) is 14.3 Å². The predicted octanol–water partition coefficient (Wildman–Crippen LogP) is 0.130. The monoisotopic (exact) mass is 308 g/mol. The molecule has 2 rings (SSSR count). The van der Waals surface area contributed by atoms with Gasteiger partial charge in [-0.3, -0.25) is 4.18 Å². The Labute approximate surface area is 122 Å². The van der Waals surface area contributed by atoms with E-state index in [0.717, 1.165) is 58.1 Å². The number of hydrogen-bond acceptors (Lipinski definition) is 6. The fourth-order valence-corrected chi connectivity index (χ4v) is 3.01. The van der Waals surface area contributed by atoms with E-state index < -0.39 is 10.1 Å². The Bertz CT molecular complexity index is 349. The summed E-state index contributed by atoms with van der Waals surface area (Å²) in [5.74, 6) is 0. The number of likely N-dealkylation sites (tertiary alicyclic amines) is 2. The fourth-order valence-electron chi connectivity index (χ4n) is 2.32. The van der Waals surface area contributed by atoms with Crippen LogP contribution in [0.2, 0.25) is 0 Å². The van der Waals surface area contributed by atoms with Gasteiger partial charge in [-0.2, -0.15) is 8.42 Å². The van der Waals surface area contributed by atoms with E-state index in [-0.39, 0.29) is 12.2 Å². The van der Waals surface area contributed by atoms with Crippen molar-refractivity contribution < 1.29 is 17.7 Å². The van der Waals surface area contributed by atoms with Crippen LogP contribution in [0.25, 0.3) is 0 Å². The largest absolute Gasteiger partial charge is 0.393 e. The summed E-state index contributed by atoms with van der Waals surface area (Å²) in [6, 6.07) is 0. The normalized spacial score (nSPS) is 24.2. The van der Waals surface area contributed by atoms with Crippen molar-refractivity contribution in [1.29, 1.82) is 0 Å². The molecule has 0 bridgehead atoms. The van der Waals surface area contributed by atoms with Crippen LogP contribution in [0.5, 0.6) is 0 Å². The Balaban J connectivity index is 0.000000217. The molecule has 0 aliphatic carbocycles. The quantitative estimate of drug-likeness (QED) is 0.731. The van der Waals surface area contributed by atoms with E-state index in [1.807, 2.05) is 7.05 Å². The van der Waals surface area contributed by atoms with Gasteiger partial charge in [0.15, 0.2) is 0 Å². The molecular weight excluding hydrogens is 280 g/mol. The summed E-state index contributed by atoms with van der Waals surface area (Å²) in [5, 5.41) is 9.00. The maximum Gasteiger partial charge on any atom is 0.264 e. The Kier molecular flexibility index (Phi) is 7.39. The second kappa shape index (κ2) is 8.29. The van der Waals surface area contributed by atoms with E-state index in [2.05, 4.69) is 16.8 Å². The van der Waals surface area contributed by atoms with Crippen LogP contribution in [0, 0.1) is 0 Å². The van der Waals surface area contributed by atoms with Crippen LogP contribution in [0.15, 0.2) is 0 Å². The molecule has 0 unspecified atom stereocenters. The molecule has 0 amide bonds. The van der Waals surface area contributed by atoms with Crippen molar-refractivity contribution >= 4 is 10.1 Å². The highest BCUT2D eigenvalue weighted by molar-refractivity contribution is 7.86. The SMILES string of the molecule is CN1CCC(O)CC1.CN1CCC(OS(C)(=O)=O)CC1. The Morgan fingerprint density at radius 1 is 0.950 bits per heavy atom. The molecule has 1 N–H and O–H groups in total. The maximum atomic E-state index is 10.7. The van der Waals surface area contributed by atoms with Gasteiger partial charge in [0.2, 0.25) is 0 Å². The van der Waals surface area contributed by atoms with Crippen molar-refractivity contribution in [2.75, 3.05) is 46.5 Å². The van der Waals surface area contributed by atoms with E-state index in [4.69, 9.17) is 9.29 Å². The summed E-state index contributed by atoms with van der Waals surface area (Å²) in [7, 11) is 0.854. The van der Waals surface area contributed by atoms with Gasteiger partial charge in [0.25, 0.3) is 10.1 Å². The summed E-state index contributed by atoms with van der Waals surface area (Å²) in [6.45, 7) is 3.95. The molecule has 7 heteroatoms. The van der Waals surface area contributed by atoms with Gasteiger partial charge in [-0.05, 0) is 39.8 Å². The number of hydrogen-bond donors (Lipinski definition) is 1. The minimum atomic E-state index is -3.26. The van der Waals surface area contributed by atoms with Gasteiger partial charge < -0.3 is 14.9 Å². The minimum Gasteiger partial charge on any atom is -0.393 e. The molecule has 120 valence electrons. The predicted molar refractivity (Wildman–Crippen MR) is 79.2 cm³/mol. The number of rotatable bonds is 2. The first kappa shape index (κ1) is 17.8. The lowest BCUT2D eigenvalue weighted by atomic mass is 10.1. The van der Waals surface area contributed by atoms with Crippen molar-refractivity contribution in [2.24, 2.45) is 0 Å². The Morgan fingerprint density at radius 2 is 1.35 bits per heavy atom. The highest BCUT2D eigenvalue weighted by Crippen LogP contribution is 2.13. The van der Waals surface area contributed by atoms with Gasteiger partial charge in [-0.15, -0.1) is 0 Å². The minimum absolute atomic E-state index is 0.0220. The van der Waals surface area contributed by atoms with Gasteiger partial charge in [-0.1, -0.05) is 0 Å². The summed E-state index contributed by atoms with van der Waals surface area (Å²) < 4.78 is 26.4. The molecule has 20 heavy (non-hydrogen) atoms. The standard InChI is InChI=1S/C7H15NO3S.C6H13NO/c1-8-5-3-7(4-6-8)11-12(2,9)10;1-7-4-2-6(8)3-5-7/h7H,3-6H2,1-2H3;6,8H,2-5H2,1H3. The number of nitrogens with zero attached hydrogens (tertiary/aromatic N) is 2. The molecule has 2 saturated heterocycles. The zero-order valence-electron chi connectivity index (χ0n) is 12.8. The summed E-state index contributed by atoms with van der Waals surface area (Å²) in [6.07, 6.45) is 4.51. The molecule has 6 nitrogen and oxygen atoms in total. The van der Waals surface area contributed by atoms with Gasteiger partial charge in [0.05, 0.1) is 18.5 Å². The van der Waals surface area contributed by atoms with Crippen LogP contribution in [0.4, 0.5) is 0 Å². The average molecular weight is 308 g/mol. The van der Waals surface area contributed by atoms with Crippen LogP contribution in [-0.4, -0.2) is 82.1 Å². The van der Waals surface area contributed by atoms with Crippen molar-refractivity contribution in [3.8, 4) is 0 Å². The van der Waals surface area contributed by atoms with Gasteiger partial charge in [-0.25, -0.2) is 0 Å². The van der Waals surface area contributed by atoms with Crippen molar-refractivity contribution in [3.05, 3.63) is 0 Å². The van der Waals surface area contributed by atoms with Crippen molar-refractivity contribution in [3.63, 3.8) is 0 Å². The topological polar surface area (TPSA) is 70.1 Å². The van der Waals surface area contributed by atoms with Crippen molar-refractivity contribution in [1.82, 2.24) is 9.80 Å². The van der Waals surface area contributed by atoms with E-state index in [0.29, 0.717) is 0 Å². The first-order valence-corrected chi connectivity index (χ1v) is 9.01. The maximum absolute atomic E-state index is 10.7. The highest BCUT2D eigenvalue weighted by atomic mass is 32.2. The van der Waals surface area contributed by atoms with Crippen LogP contribution < -0.4 is 0 Å². The molecule has 0 spiro atoms. The molecule has 2 fully saturated rings. The van der Waals surface area contributed by atoms with Crippen LogP contribution >= 0.6 is 0 Å². The Hall–Kier alpha value is -0.210. The third-order valence-electron chi connectivity index (χ3n) is 3.66. The van der Waals surface area contributed by atoms with E-state index in [9.17, 15) is 8.42 Å². The lowest BCUT2D eigenvalue weighted by Crippen LogP contribution is -2.35. The van der Waals surface area contributed by atoms with Gasteiger partial charge >= 0.3 is 0 Å². The van der Waals surface area contributed by atoms with Crippen LogP contribution in [0.3, 0.4) is 0 Å². The number of piperidine rings is 2. The van der Waals surface area contributed by atoms with E-state index in [1.165, 1.54) is 0 Å². The molecule has 0 aromatic rings. The fraction of sp³-hybridized carbons (Fsp3) is 1.00. The number of aliphatic hydroxyl groups excluding tert-OH is 1. The zero-order valence-corrected chi connectivity index (χ0v) is 13.6. The first-order valence-electron chi connectivity index (χ1n) is 7.19.